The van der Waals surface area contributed by atoms with Gasteiger partial charge in [-0.2, -0.15) is 0 Å². The molecule has 0 heterocycles. The Balaban J connectivity index is 2.30. The number of rotatable bonds is 2. The van der Waals surface area contributed by atoms with Crippen LogP contribution in [0.1, 0.15) is 27.0 Å². The standard InChI is InChI=1S/C16H16O2/c1-11-9-10-12(2)15(13(11)3)18-16(17)14-7-5-4-6-8-14/h4-10H,1-3H3. The topological polar surface area (TPSA) is 26.3 Å². The van der Waals surface area contributed by atoms with E-state index in [9.17, 15) is 4.79 Å². The summed E-state index contributed by atoms with van der Waals surface area (Å²) < 4.78 is 5.50. The predicted molar refractivity (Wildman–Crippen MR) is 72.1 cm³/mol. The number of esters is 1. The van der Waals surface area contributed by atoms with Gasteiger partial charge in [-0.25, -0.2) is 4.79 Å². The highest BCUT2D eigenvalue weighted by Gasteiger charge is 2.12. The number of ether oxygens (including phenoxy) is 1. The molecule has 2 nitrogen and oxygen atoms in total. The minimum absolute atomic E-state index is 0.313. The van der Waals surface area contributed by atoms with Crippen LogP contribution in [0.4, 0.5) is 0 Å². The molecule has 0 fully saturated rings. The van der Waals surface area contributed by atoms with Gasteiger partial charge in [-0.1, -0.05) is 30.3 Å². The van der Waals surface area contributed by atoms with Gasteiger partial charge >= 0.3 is 5.97 Å². The Morgan fingerprint density at radius 3 is 2.17 bits per heavy atom. The maximum atomic E-state index is 12.0. The minimum Gasteiger partial charge on any atom is -0.422 e. The van der Waals surface area contributed by atoms with Crippen LogP contribution in [-0.4, -0.2) is 5.97 Å². The predicted octanol–water partition coefficient (Wildman–Crippen LogP) is 3.83. The van der Waals surface area contributed by atoms with Crippen molar-refractivity contribution in [3.8, 4) is 5.75 Å². The fourth-order valence-electron chi connectivity index (χ4n) is 1.81. The molecule has 0 spiro atoms. The second-order valence-corrected chi connectivity index (χ2v) is 4.41. The van der Waals surface area contributed by atoms with E-state index in [1.165, 1.54) is 0 Å². The summed E-state index contributed by atoms with van der Waals surface area (Å²) in [4.78, 5) is 12.0. The molecule has 18 heavy (non-hydrogen) atoms. The molecule has 0 saturated heterocycles. The molecule has 2 rings (SSSR count). The normalized spacial score (nSPS) is 10.2. The van der Waals surface area contributed by atoms with Crippen molar-refractivity contribution in [2.45, 2.75) is 20.8 Å². The van der Waals surface area contributed by atoms with Gasteiger partial charge in [0.1, 0.15) is 5.75 Å². The molecule has 0 aliphatic heterocycles. The lowest BCUT2D eigenvalue weighted by Crippen LogP contribution is -2.10. The quantitative estimate of drug-likeness (QED) is 0.589. The average molecular weight is 240 g/mol. The zero-order valence-electron chi connectivity index (χ0n) is 10.9. The van der Waals surface area contributed by atoms with Gasteiger partial charge in [0.25, 0.3) is 0 Å². The van der Waals surface area contributed by atoms with Gasteiger partial charge in [-0.3, -0.25) is 0 Å². The van der Waals surface area contributed by atoms with Gasteiger partial charge in [-0.15, -0.1) is 0 Å². The lowest BCUT2D eigenvalue weighted by Gasteiger charge is -2.12. The van der Waals surface area contributed by atoms with Crippen molar-refractivity contribution >= 4 is 5.97 Å². The van der Waals surface area contributed by atoms with E-state index in [0.717, 1.165) is 16.7 Å². The molecule has 2 aromatic rings. The molecule has 0 aromatic heterocycles. The van der Waals surface area contributed by atoms with Crippen molar-refractivity contribution in [1.82, 2.24) is 0 Å². The van der Waals surface area contributed by atoms with E-state index in [2.05, 4.69) is 0 Å². The van der Waals surface area contributed by atoms with Crippen LogP contribution < -0.4 is 4.74 Å². The van der Waals surface area contributed by atoms with Crippen molar-refractivity contribution in [2.24, 2.45) is 0 Å². The minimum atomic E-state index is -0.313. The summed E-state index contributed by atoms with van der Waals surface area (Å²) in [5.41, 5.74) is 3.68. The molecule has 92 valence electrons. The fourth-order valence-corrected chi connectivity index (χ4v) is 1.81. The smallest absolute Gasteiger partial charge is 0.343 e. The number of benzene rings is 2. The van der Waals surface area contributed by atoms with Crippen LogP contribution in [0.2, 0.25) is 0 Å². The molecule has 0 amide bonds. The van der Waals surface area contributed by atoms with Crippen molar-refractivity contribution in [3.05, 3.63) is 64.7 Å². The van der Waals surface area contributed by atoms with Crippen LogP contribution in [0.15, 0.2) is 42.5 Å². The summed E-state index contributed by atoms with van der Waals surface area (Å²) in [5, 5.41) is 0. The van der Waals surface area contributed by atoms with Crippen molar-refractivity contribution < 1.29 is 9.53 Å². The summed E-state index contributed by atoms with van der Waals surface area (Å²) in [6, 6.07) is 13.0. The molecule has 0 N–H and O–H groups in total. The fraction of sp³-hybridized carbons (Fsp3) is 0.188. The van der Waals surface area contributed by atoms with E-state index < -0.39 is 0 Å². The third kappa shape index (κ3) is 2.43. The Hall–Kier alpha value is -2.09. The van der Waals surface area contributed by atoms with Crippen molar-refractivity contribution in [3.63, 3.8) is 0 Å². The maximum absolute atomic E-state index is 12.0. The van der Waals surface area contributed by atoms with Gasteiger partial charge in [0, 0.05) is 0 Å². The highest BCUT2D eigenvalue weighted by Crippen LogP contribution is 2.26. The summed E-state index contributed by atoms with van der Waals surface area (Å²) in [5.74, 6) is 0.358. The van der Waals surface area contributed by atoms with Gasteiger partial charge in [0.15, 0.2) is 0 Å². The second-order valence-electron chi connectivity index (χ2n) is 4.41. The number of hydrogen-bond donors (Lipinski definition) is 0. The van der Waals surface area contributed by atoms with Crippen molar-refractivity contribution in [2.75, 3.05) is 0 Å². The molecule has 0 aliphatic carbocycles. The molecule has 2 heteroatoms. The molecule has 0 aliphatic rings. The molecular formula is C16H16O2. The molecule has 0 bridgehead atoms. The van der Waals surface area contributed by atoms with Crippen LogP contribution in [-0.2, 0) is 0 Å². The number of aryl methyl sites for hydroxylation is 2. The number of carbonyl (C=O) groups excluding carboxylic acids is 1. The Labute approximate surface area is 107 Å². The molecule has 0 radical (unpaired) electrons. The zero-order valence-corrected chi connectivity index (χ0v) is 10.9. The van der Waals surface area contributed by atoms with Crippen LogP contribution in [0, 0.1) is 20.8 Å². The van der Waals surface area contributed by atoms with E-state index in [4.69, 9.17) is 4.74 Å². The highest BCUT2D eigenvalue weighted by molar-refractivity contribution is 5.91. The van der Waals surface area contributed by atoms with Crippen LogP contribution >= 0.6 is 0 Å². The summed E-state index contributed by atoms with van der Waals surface area (Å²) in [7, 11) is 0. The van der Waals surface area contributed by atoms with Gasteiger partial charge < -0.3 is 4.74 Å². The number of carbonyl (C=O) groups is 1. The molecule has 2 aromatic carbocycles. The first-order chi connectivity index (χ1) is 8.59. The van der Waals surface area contributed by atoms with Crippen LogP contribution in [0.5, 0.6) is 5.75 Å². The van der Waals surface area contributed by atoms with E-state index in [-0.39, 0.29) is 5.97 Å². The Morgan fingerprint density at radius 1 is 0.889 bits per heavy atom. The molecule has 0 saturated carbocycles. The first-order valence-electron chi connectivity index (χ1n) is 5.93. The van der Waals surface area contributed by atoms with Crippen molar-refractivity contribution in [1.29, 1.82) is 0 Å². The summed E-state index contributed by atoms with van der Waals surface area (Å²) in [6.45, 7) is 5.92. The molecule has 0 unspecified atom stereocenters. The lowest BCUT2D eigenvalue weighted by atomic mass is 10.1. The largest absolute Gasteiger partial charge is 0.422 e. The maximum Gasteiger partial charge on any atom is 0.343 e. The van der Waals surface area contributed by atoms with Crippen LogP contribution in [0.3, 0.4) is 0 Å². The van der Waals surface area contributed by atoms with E-state index in [1.807, 2.05) is 51.1 Å². The average Bonchev–Trinajstić information content (AvgIpc) is 2.40. The first kappa shape index (κ1) is 12.4. The van der Waals surface area contributed by atoms with Gasteiger partial charge in [0.05, 0.1) is 5.56 Å². The lowest BCUT2D eigenvalue weighted by molar-refractivity contribution is 0.0732. The Morgan fingerprint density at radius 2 is 1.50 bits per heavy atom. The zero-order chi connectivity index (χ0) is 13.1. The summed E-state index contributed by atoms with van der Waals surface area (Å²) >= 11 is 0. The van der Waals surface area contributed by atoms with E-state index in [1.54, 1.807) is 12.1 Å². The van der Waals surface area contributed by atoms with E-state index >= 15 is 0 Å². The van der Waals surface area contributed by atoms with Gasteiger partial charge in [0.2, 0.25) is 0 Å². The second kappa shape index (κ2) is 5.05. The molecular weight excluding hydrogens is 224 g/mol. The Kier molecular flexibility index (Phi) is 3.47. The molecule has 0 atom stereocenters. The number of hydrogen-bond acceptors (Lipinski definition) is 2. The Bertz CT molecular complexity index is 571. The third-order valence-corrected chi connectivity index (χ3v) is 3.08. The SMILES string of the molecule is Cc1ccc(C)c(OC(=O)c2ccccc2)c1C. The third-order valence-electron chi connectivity index (χ3n) is 3.08. The highest BCUT2D eigenvalue weighted by atomic mass is 16.5. The van der Waals surface area contributed by atoms with Crippen LogP contribution in [0.25, 0.3) is 0 Å². The summed E-state index contributed by atoms with van der Waals surface area (Å²) in [6.07, 6.45) is 0. The van der Waals surface area contributed by atoms with Gasteiger partial charge in [-0.05, 0) is 49.6 Å². The monoisotopic (exact) mass is 240 g/mol. The van der Waals surface area contributed by atoms with E-state index in [0.29, 0.717) is 11.3 Å². The first-order valence-corrected chi connectivity index (χ1v) is 5.93.